The summed E-state index contributed by atoms with van der Waals surface area (Å²) in [6, 6.07) is 12.4. The molecule has 0 unspecified atom stereocenters. The van der Waals surface area contributed by atoms with E-state index in [-0.39, 0.29) is 18.4 Å². The molecule has 0 saturated heterocycles. The number of ether oxygens (including phenoxy) is 2. The number of nitrogens with one attached hydrogen (secondary N) is 1. The molecule has 1 N–H and O–H groups in total. The van der Waals surface area contributed by atoms with E-state index in [0.29, 0.717) is 35.3 Å². The third-order valence-corrected chi connectivity index (χ3v) is 4.25. The highest BCUT2D eigenvalue weighted by Gasteiger charge is 2.11. The van der Waals surface area contributed by atoms with Crippen molar-refractivity contribution in [3.05, 3.63) is 59.7 Å². The van der Waals surface area contributed by atoms with Crippen molar-refractivity contribution in [2.75, 3.05) is 32.6 Å². The first-order chi connectivity index (χ1) is 14.8. The van der Waals surface area contributed by atoms with Gasteiger partial charge < -0.3 is 19.7 Å². The Morgan fingerprint density at radius 2 is 1.97 bits per heavy atom. The lowest BCUT2D eigenvalue weighted by molar-refractivity contribution is -0.129. The summed E-state index contributed by atoms with van der Waals surface area (Å²) in [5, 5.41) is 2.73. The standard InChI is InChI=1S/C25H28N2O4/c1-6-19-8-7-9-21(14-19)26-24(28)16-27(4)25(29)13-11-20-10-12-22(23(15-20)30-5)31-17-18(2)3/h1,7-15,18H,16-17H2,2-5H3,(H,26,28)/b13-11+. The molecule has 0 heterocycles. The topological polar surface area (TPSA) is 67.9 Å². The van der Waals surface area contributed by atoms with Crippen molar-refractivity contribution in [2.24, 2.45) is 5.92 Å². The molecule has 0 atom stereocenters. The molecule has 2 aromatic rings. The van der Waals surface area contributed by atoms with Crippen LogP contribution in [0, 0.1) is 18.3 Å². The second kappa shape index (κ2) is 11.5. The van der Waals surface area contributed by atoms with Crippen LogP contribution in [0.15, 0.2) is 48.5 Å². The normalized spacial score (nSPS) is 10.6. The smallest absolute Gasteiger partial charge is 0.246 e. The molecule has 0 bridgehead atoms. The van der Waals surface area contributed by atoms with Gasteiger partial charge in [0.1, 0.15) is 0 Å². The second-order valence-electron chi connectivity index (χ2n) is 7.42. The lowest BCUT2D eigenvalue weighted by atomic mass is 10.2. The molecule has 0 spiro atoms. The fourth-order valence-electron chi connectivity index (χ4n) is 2.64. The predicted molar refractivity (Wildman–Crippen MR) is 123 cm³/mol. The van der Waals surface area contributed by atoms with Gasteiger partial charge in [0, 0.05) is 24.4 Å². The number of terminal acetylenes is 1. The molecule has 162 valence electrons. The van der Waals surface area contributed by atoms with Gasteiger partial charge in [-0.15, -0.1) is 6.42 Å². The molecule has 0 aliphatic rings. The van der Waals surface area contributed by atoms with Crippen molar-refractivity contribution in [3.63, 3.8) is 0 Å². The largest absolute Gasteiger partial charge is 0.493 e. The summed E-state index contributed by atoms with van der Waals surface area (Å²) < 4.78 is 11.1. The number of carbonyl (C=O) groups is 2. The van der Waals surface area contributed by atoms with Gasteiger partial charge in [-0.3, -0.25) is 9.59 Å². The Bertz CT molecular complexity index is 989. The van der Waals surface area contributed by atoms with Gasteiger partial charge >= 0.3 is 0 Å². The Kier molecular flexibility index (Phi) is 8.71. The van der Waals surface area contributed by atoms with E-state index < -0.39 is 0 Å². The van der Waals surface area contributed by atoms with E-state index in [4.69, 9.17) is 15.9 Å². The minimum atomic E-state index is -0.313. The van der Waals surface area contributed by atoms with Gasteiger partial charge in [-0.25, -0.2) is 0 Å². The van der Waals surface area contributed by atoms with E-state index in [1.54, 1.807) is 50.6 Å². The number of nitrogens with zero attached hydrogens (tertiary/aromatic N) is 1. The Morgan fingerprint density at radius 1 is 1.19 bits per heavy atom. The number of hydrogen-bond donors (Lipinski definition) is 1. The van der Waals surface area contributed by atoms with E-state index in [2.05, 4.69) is 25.1 Å². The van der Waals surface area contributed by atoms with E-state index in [1.165, 1.54) is 11.0 Å². The van der Waals surface area contributed by atoms with Crippen molar-refractivity contribution in [3.8, 4) is 23.8 Å². The Labute approximate surface area is 183 Å². The molecule has 31 heavy (non-hydrogen) atoms. The van der Waals surface area contributed by atoms with Gasteiger partial charge in [-0.2, -0.15) is 0 Å². The molecule has 0 saturated carbocycles. The van der Waals surface area contributed by atoms with Crippen LogP contribution in [-0.2, 0) is 9.59 Å². The third kappa shape index (κ3) is 7.56. The maximum atomic E-state index is 12.4. The van der Waals surface area contributed by atoms with Gasteiger partial charge in [-0.1, -0.05) is 31.9 Å². The summed E-state index contributed by atoms with van der Waals surface area (Å²) in [5.74, 6) is 3.55. The van der Waals surface area contributed by atoms with Gasteiger partial charge in [0.05, 0.1) is 20.3 Å². The number of amides is 2. The van der Waals surface area contributed by atoms with E-state index >= 15 is 0 Å². The first-order valence-electron chi connectivity index (χ1n) is 9.93. The van der Waals surface area contributed by atoms with Crippen LogP contribution in [0.3, 0.4) is 0 Å². The molecule has 6 heteroatoms. The van der Waals surface area contributed by atoms with Crippen molar-refractivity contribution in [1.82, 2.24) is 4.90 Å². The maximum absolute atomic E-state index is 12.4. The summed E-state index contributed by atoms with van der Waals surface area (Å²) in [4.78, 5) is 25.9. The van der Waals surface area contributed by atoms with E-state index in [9.17, 15) is 9.59 Å². The summed E-state index contributed by atoms with van der Waals surface area (Å²) in [6.45, 7) is 4.64. The van der Waals surface area contributed by atoms with Crippen molar-refractivity contribution in [1.29, 1.82) is 0 Å². The number of carbonyl (C=O) groups excluding carboxylic acids is 2. The molecule has 2 aromatic carbocycles. The fourth-order valence-corrected chi connectivity index (χ4v) is 2.64. The second-order valence-corrected chi connectivity index (χ2v) is 7.42. The van der Waals surface area contributed by atoms with Crippen LogP contribution in [-0.4, -0.2) is 44.0 Å². The molecule has 0 radical (unpaired) electrons. The zero-order valence-corrected chi connectivity index (χ0v) is 18.3. The Morgan fingerprint density at radius 3 is 2.65 bits per heavy atom. The molecule has 0 aromatic heterocycles. The fraction of sp³-hybridized carbons (Fsp3) is 0.280. The summed E-state index contributed by atoms with van der Waals surface area (Å²) in [7, 11) is 3.13. The number of benzene rings is 2. The zero-order valence-electron chi connectivity index (χ0n) is 18.3. The van der Waals surface area contributed by atoms with Crippen LogP contribution in [0.2, 0.25) is 0 Å². The lowest BCUT2D eigenvalue weighted by Crippen LogP contribution is -2.33. The molecular formula is C25H28N2O4. The predicted octanol–water partition coefficient (Wildman–Crippen LogP) is 3.82. The molecule has 2 rings (SSSR count). The van der Waals surface area contributed by atoms with Gasteiger partial charge in [-0.05, 0) is 47.9 Å². The number of methoxy groups -OCH3 is 1. The van der Waals surface area contributed by atoms with Crippen LogP contribution >= 0.6 is 0 Å². The van der Waals surface area contributed by atoms with Gasteiger partial charge in [0.15, 0.2) is 11.5 Å². The molecule has 0 fully saturated rings. The summed E-state index contributed by atoms with van der Waals surface area (Å²) in [5.41, 5.74) is 2.04. The van der Waals surface area contributed by atoms with Gasteiger partial charge in [0.25, 0.3) is 0 Å². The molecule has 2 amide bonds. The van der Waals surface area contributed by atoms with Crippen molar-refractivity contribution in [2.45, 2.75) is 13.8 Å². The summed E-state index contributed by atoms with van der Waals surface area (Å²) >= 11 is 0. The zero-order chi connectivity index (χ0) is 22.8. The minimum Gasteiger partial charge on any atom is -0.493 e. The van der Waals surface area contributed by atoms with E-state index in [1.807, 2.05) is 12.1 Å². The van der Waals surface area contributed by atoms with Crippen LogP contribution in [0.1, 0.15) is 25.0 Å². The highest BCUT2D eigenvalue weighted by atomic mass is 16.5. The highest BCUT2D eigenvalue weighted by Crippen LogP contribution is 2.29. The van der Waals surface area contributed by atoms with Crippen LogP contribution in [0.5, 0.6) is 11.5 Å². The average molecular weight is 421 g/mol. The molecule has 0 aliphatic carbocycles. The number of hydrogen-bond acceptors (Lipinski definition) is 4. The van der Waals surface area contributed by atoms with Crippen molar-refractivity contribution < 1.29 is 19.1 Å². The van der Waals surface area contributed by atoms with Crippen LogP contribution in [0.25, 0.3) is 6.08 Å². The average Bonchev–Trinajstić information content (AvgIpc) is 2.75. The first kappa shape index (κ1) is 23.6. The summed E-state index contributed by atoms with van der Waals surface area (Å²) in [6.07, 6.45) is 8.45. The number of rotatable bonds is 9. The Balaban J connectivity index is 1.95. The molecule has 6 nitrogen and oxygen atoms in total. The molecule has 0 aliphatic heterocycles. The SMILES string of the molecule is C#Cc1cccc(NC(=O)CN(C)C(=O)/C=C/c2ccc(OCC(C)C)c(OC)c2)c1. The molecular weight excluding hydrogens is 392 g/mol. The lowest BCUT2D eigenvalue weighted by Gasteiger charge is -2.15. The quantitative estimate of drug-likeness (QED) is 0.495. The van der Waals surface area contributed by atoms with Crippen molar-refractivity contribution >= 4 is 23.6 Å². The number of anilines is 1. The Hall–Kier alpha value is -3.72. The third-order valence-electron chi connectivity index (χ3n) is 4.25. The minimum absolute atomic E-state index is 0.0885. The highest BCUT2D eigenvalue weighted by molar-refractivity contribution is 5.98. The van der Waals surface area contributed by atoms with E-state index in [0.717, 1.165) is 5.56 Å². The first-order valence-corrected chi connectivity index (χ1v) is 9.93. The van der Waals surface area contributed by atoms with Crippen LogP contribution < -0.4 is 14.8 Å². The van der Waals surface area contributed by atoms with Gasteiger partial charge in [0.2, 0.25) is 11.8 Å². The number of likely N-dealkylation sites (N-methyl/N-ethyl adjacent to an activating group) is 1. The maximum Gasteiger partial charge on any atom is 0.246 e. The monoisotopic (exact) mass is 420 g/mol. The van der Waals surface area contributed by atoms with Crippen LogP contribution in [0.4, 0.5) is 5.69 Å².